The number of nitrogens with zero attached hydrogens (tertiary/aromatic N) is 2. The number of hydrogen-bond acceptors (Lipinski definition) is 3. The summed E-state index contributed by atoms with van der Waals surface area (Å²) in [4.78, 5) is 29.3. The van der Waals surface area contributed by atoms with Gasteiger partial charge < -0.3 is 14.5 Å². The van der Waals surface area contributed by atoms with Crippen LogP contribution in [0.3, 0.4) is 0 Å². The minimum atomic E-state index is 0.0771. The molecule has 2 aliphatic heterocycles. The zero-order chi connectivity index (χ0) is 18.7. The number of likely N-dealkylation sites (tertiary alicyclic amines) is 1. The number of carbonyl (C=O) groups is 2. The van der Waals surface area contributed by atoms with Crippen molar-refractivity contribution < 1.29 is 14.3 Å². The Morgan fingerprint density at radius 3 is 2.46 bits per heavy atom. The maximum absolute atomic E-state index is 13.0. The Labute approximate surface area is 156 Å². The first-order valence-corrected chi connectivity index (χ1v) is 9.70. The standard InChI is InChI=1S/C21H30N2O3/c1-15-6-7-18(13-16(15)2)21(25)22-10-4-5-20(14-22)23(17(3)24)19-8-11-26-12-9-19/h6-7,13,19-20H,4-5,8-12,14H2,1-3H3. The third kappa shape index (κ3) is 4.09. The lowest BCUT2D eigenvalue weighted by Crippen LogP contribution is -2.55. The molecule has 3 rings (SSSR count). The van der Waals surface area contributed by atoms with E-state index < -0.39 is 0 Å². The van der Waals surface area contributed by atoms with E-state index >= 15 is 0 Å². The molecule has 0 aliphatic carbocycles. The van der Waals surface area contributed by atoms with Gasteiger partial charge in [-0.15, -0.1) is 0 Å². The highest BCUT2D eigenvalue weighted by atomic mass is 16.5. The molecule has 2 heterocycles. The van der Waals surface area contributed by atoms with Crippen LogP contribution in [0.25, 0.3) is 0 Å². The predicted molar refractivity (Wildman–Crippen MR) is 101 cm³/mol. The first-order chi connectivity index (χ1) is 12.5. The van der Waals surface area contributed by atoms with Gasteiger partial charge in [-0.3, -0.25) is 9.59 Å². The van der Waals surface area contributed by atoms with E-state index in [0.717, 1.165) is 43.4 Å². The monoisotopic (exact) mass is 358 g/mol. The van der Waals surface area contributed by atoms with Crippen LogP contribution < -0.4 is 0 Å². The van der Waals surface area contributed by atoms with Gasteiger partial charge in [0.2, 0.25) is 5.91 Å². The Bertz CT molecular complexity index is 667. The molecule has 0 saturated carbocycles. The first kappa shape index (κ1) is 18.9. The maximum atomic E-state index is 13.0. The van der Waals surface area contributed by atoms with Crippen molar-refractivity contribution in [1.82, 2.24) is 9.80 Å². The smallest absolute Gasteiger partial charge is 0.253 e. The van der Waals surface area contributed by atoms with E-state index in [0.29, 0.717) is 19.8 Å². The molecule has 1 atom stereocenters. The Morgan fingerprint density at radius 2 is 1.81 bits per heavy atom. The third-order valence-electron chi connectivity index (χ3n) is 5.78. The second kappa shape index (κ2) is 8.21. The van der Waals surface area contributed by atoms with Gasteiger partial charge in [-0.25, -0.2) is 0 Å². The van der Waals surface area contributed by atoms with E-state index in [9.17, 15) is 9.59 Å². The highest BCUT2D eigenvalue weighted by molar-refractivity contribution is 5.94. The largest absolute Gasteiger partial charge is 0.381 e. The van der Waals surface area contributed by atoms with Crippen molar-refractivity contribution in [2.75, 3.05) is 26.3 Å². The van der Waals surface area contributed by atoms with E-state index in [1.807, 2.05) is 34.9 Å². The zero-order valence-corrected chi connectivity index (χ0v) is 16.2. The average molecular weight is 358 g/mol. The molecule has 2 saturated heterocycles. The first-order valence-electron chi connectivity index (χ1n) is 9.70. The van der Waals surface area contributed by atoms with Crippen molar-refractivity contribution in [3.05, 3.63) is 34.9 Å². The van der Waals surface area contributed by atoms with E-state index in [2.05, 4.69) is 6.92 Å². The van der Waals surface area contributed by atoms with Crippen molar-refractivity contribution in [3.8, 4) is 0 Å². The van der Waals surface area contributed by atoms with Crippen molar-refractivity contribution >= 4 is 11.8 Å². The molecule has 2 aliphatic rings. The molecule has 1 aromatic carbocycles. The van der Waals surface area contributed by atoms with Crippen LogP contribution in [0.4, 0.5) is 0 Å². The van der Waals surface area contributed by atoms with Gasteiger partial charge in [-0.05, 0) is 62.8 Å². The summed E-state index contributed by atoms with van der Waals surface area (Å²) < 4.78 is 5.45. The Hall–Kier alpha value is -1.88. The van der Waals surface area contributed by atoms with Crippen LogP contribution in [0.5, 0.6) is 0 Å². The van der Waals surface area contributed by atoms with Crippen LogP contribution in [-0.4, -0.2) is 60.0 Å². The van der Waals surface area contributed by atoms with Gasteiger partial charge in [0.05, 0.1) is 0 Å². The Balaban J connectivity index is 1.73. The van der Waals surface area contributed by atoms with Gasteiger partial charge in [-0.1, -0.05) is 6.07 Å². The molecule has 1 unspecified atom stereocenters. The molecular formula is C21H30N2O3. The number of amides is 2. The van der Waals surface area contributed by atoms with Crippen molar-refractivity contribution in [1.29, 1.82) is 0 Å². The Kier molecular flexibility index (Phi) is 5.97. The number of benzene rings is 1. The third-order valence-corrected chi connectivity index (χ3v) is 5.78. The highest BCUT2D eigenvalue weighted by Crippen LogP contribution is 2.24. The summed E-state index contributed by atoms with van der Waals surface area (Å²) in [6.45, 7) is 8.57. The topological polar surface area (TPSA) is 49.9 Å². The molecule has 26 heavy (non-hydrogen) atoms. The molecule has 0 N–H and O–H groups in total. The quantitative estimate of drug-likeness (QED) is 0.835. The molecule has 2 fully saturated rings. The number of rotatable bonds is 3. The number of ether oxygens (including phenoxy) is 1. The molecule has 5 nitrogen and oxygen atoms in total. The van der Waals surface area contributed by atoms with Gasteiger partial charge in [0.25, 0.3) is 5.91 Å². The number of piperidine rings is 1. The molecule has 1 aromatic rings. The van der Waals surface area contributed by atoms with Gasteiger partial charge in [0.1, 0.15) is 0 Å². The number of carbonyl (C=O) groups excluding carboxylic acids is 2. The van der Waals surface area contributed by atoms with Gasteiger partial charge in [0, 0.05) is 50.9 Å². The van der Waals surface area contributed by atoms with Crippen LogP contribution in [0.15, 0.2) is 18.2 Å². The fourth-order valence-electron chi connectivity index (χ4n) is 4.20. The van der Waals surface area contributed by atoms with Crippen LogP contribution >= 0.6 is 0 Å². The van der Waals surface area contributed by atoms with Crippen molar-refractivity contribution in [3.63, 3.8) is 0 Å². The fourth-order valence-corrected chi connectivity index (χ4v) is 4.20. The molecule has 0 spiro atoms. The summed E-state index contributed by atoms with van der Waals surface area (Å²) in [7, 11) is 0. The summed E-state index contributed by atoms with van der Waals surface area (Å²) in [5.41, 5.74) is 3.08. The molecule has 0 bridgehead atoms. The lowest BCUT2D eigenvalue weighted by molar-refractivity contribution is -0.137. The minimum absolute atomic E-state index is 0.0771. The van der Waals surface area contributed by atoms with Crippen LogP contribution in [0, 0.1) is 13.8 Å². The van der Waals surface area contributed by atoms with Crippen molar-refractivity contribution in [2.24, 2.45) is 0 Å². The summed E-state index contributed by atoms with van der Waals surface area (Å²) in [6, 6.07) is 6.24. The summed E-state index contributed by atoms with van der Waals surface area (Å²) in [5.74, 6) is 0.190. The molecule has 5 heteroatoms. The van der Waals surface area contributed by atoms with E-state index in [4.69, 9.17) is 4.74 Å². The van der Waals surface area contributed by atoms with Crippen LogP contribution in [0.1, 0.15) is 54.1 Å². The fraction of sp³-hybridized carbons (Fsp3) is 0.619. The second-order valence-electron chi connectivity index (χ2n) is 7.62. The van der Waals surface area contributed by atoms with Crippen molar-refractivity contribution in [2.45, 2.75) is 58.5 Å². The number of aryl methyl sites for hydroxylation is 2. The normalized spacial score (nSPS) is 21.5. The Morgan fingerprint density at radius 1 is 1.08 bits per heavy atom. The lowest BCUT2D eigenvalue weighted by atomic mass is 9.97. The van der Waals surface area contributed by atoms with Crippen LogP contribution in [-0.2, 0) is 9.53 Å². The van der Waals surface area contributed by atoms with E-state index in [1.54, 1.807) is 6.92 Å². The van der Waals surface area contributed by atoms with Gasteiger partial charge in [-0.2, -0.15) is 0 Å². The molecule has 2 amide bonds. The SMILES string of the molecule is CC(=O)N(C1CCOCC1)C1CCCN(C(=O)c2ccc(C)c(C)c2)C1. The number of hydrogen-bond donors (Lipinski definition) is 0. The summed E-state index contributed by atoms with van der Waals surface area (Å²) in [6.07, 6.45) is 3.68. The molecule has 0 aromatic heterocycles. The summed E-state index contributed by atoms with van der Waals surface area (Å²) >= 11 is 0. The van der Waals surface area contributed by atoms with E-state index in [1.165, 1.54) is 5.56 Å². The lowest BCUT2D eigenvalue weighted by Gasteiger charge is -2.44. The van der Waals surface area contributed by atoms with Crippen LogP contribution in [0.2, 0.25) is 0 Å². The second-order valence-corrected chi connectivity index (χ2v) is 7.62. The molecule has 142 valence electrons. The summed E-state index contributed by atoms with van der Waals surface area (Å²) in [5, 5.41) is 0. The average Bonchev–Trinajstić information content (AvgIpc) is 2.64. The zero-order valence-electron chi connectivity index (χ0n) is 16.2. The highest BCUT2D eigenvalue weighted by Gasteiger charge is 2.34. The molecular weight excluding hydrogens is 328 g/mol. The maximum Gasteiger partial charge on any atom is 0.253 e. The van der Waals surface area contributed by atoms with Gasteiger partial charge >= 0.3 is 0 Å². The van der Waals surface area contributed by atoms with E-state index in [-0.39, 0.29) is 23.9 Å². The minimum Gasteiger partial charge on any atom is -0.381 e. The van der Waals surface area contributed by atoms with Gasteiger partial charge in [0.15, 0.2) is 0 Å². The predicted octanol–water partition coefficient (Wildman–Crippen LogP) is 2.94. The molecule has 0 radical (unpaired) electrons.